The molecule has 3 rings (SSSR count). The van der Waals surface area contributed by atoms with Gasteiger partial charge in [-0.25, -0.2) is 4.99 Å². The van der Waals surface area contributed by atoms with Crippen LogP contribution in [0.2, 0.25) is 0 Å². The van der Waals surface area contributed by atoms with Crippen molar-refractivity contribution in [2.75, 3.05) is 13.7 Å². The van der Waals surface area contributed by atoms with Crippen molar-refractivity contribution >= 4 is 17.8 Å². The van der Waals surface area contributed by atoms with Crippen molar-refractivity contribution in [3.63, 3.8) is 0 Å². The molecular formula is C20H22N2O3. The Bertz CT molecular complexity index is 812. The molecule has 5 heteroatoms. The summed E-state index contributed by atoms with van der Waals surface area (Å²) in [7, 11) is 1.52. The first-order valence-electron chi connectivity index (χ1n) is 8.30. The number of hydrogen-bond donors (Lipinski definition) is 1. The van der Waals surface area contributed by atoms with Crippen molar-refractivity contribution in [3.8, 4) is 11.5 Å². The highest BCUT2D eigenvalue weighted by atomic mass is 16.5. The van der Waals surface area contributed by atoms with E-state index < -0.39 is 0 Å². The lowest BCUT2D eigenvalue weighted by Gasteiger charge is -2.07. The molecule has 2 aromatic rings. The van der Waals surface area contributed by atoms with Gasteiger partial charge >= 0.3 is 0 Å². The van der Waals surface area contributed by atoms with Gasteiger partial charge in [0.25, 0.3) is 0 Å². The van der Waals surface area contributed by atoms with Crippen molar-refractivity contribution in [1.82, 2.24) is 0 Å². The Balaban J connectivity index is 1.91. The van der Waals surface area contributed by atoms with E-state index in [9.17, 15) is 5.11 Å². The molecule has 0 fully saturated rings. The van der Waals surface area contributed by atoms with Gasteiger partial charge in [-0.1, -0.05) is 32.0 Å². The zero-order chi connectivity index (χ0) is 17.8. The standard InChI is InChI=1S/C20H22N2O3/c1-13(2)17-12-25-20(22-17)15-8-4-5-9-16(15)21-11-14-7-6-10-18(24-3)19(14)23/h4-11,13,17,23H,12H2,1-3H3/t17-/m1/s1. The first-order valence-corrected chi connectivity index (χ1v) is 8.30. The van der Waals surface area contributed by atoms with E-state index in [1.807, 2.05) is 30.3 Å². The minimum atomic E-state index is 0.0700. The molecule has 1 aliphatic heterocycles. The maximum absolute atomic E-state index is 10.2. The van der Waals surface area contributed by atoms with Crippen LogP contribution >= 0.6 is 0 Å². The Labute approximate surface area is 147 Å². The molecule has 0 unspecified atom stereocenters. The van der Waals surface area contributed by atoms with Gasteiger partial charge in [-0.3, -0.25) is 4.99 Å². The SMILES string of the molecule is COc1cccc(C=Nc2ccccc2C2=N[C@@H](C(C)C)CO2)c1O. The van der Waals surface area contributed by atoms with E-state index in [0.717, 1.165) is 11.3 Å². The van der Waals surface area contributed by atoms with Gasteiger partial charge in [0, 0.05) is 11.8 Å². The predicted molar refractivity (Wildman–Crippen MR) is 99.5 cm³/mol. The zero-order valence-electron chi connectivity index (χ0n) is 14.6. The largest absolute Gasteiger partial charge is 0.504 e. The molecule has 1 aliphatic rings. The minimum absolute atomic E-state index is 0.0700. The minimum Gasteiger partial charge on any atom is -0.504 e. The predicted octanol–water partition coefficient (Wildman–Crippen LogP) is 3.95. The summed E-state index contributed by atoms with van der Waals surface area (Å²) < 4.78 is 10.9. The van der Waals surface area contributed by atoms with Gasteiger partial charge in [-0.2, -0.15) is 0 Å². The van der Waals surface area contributed by atoms with Gasteiger partial charge < -0.3 is 14.6 Å². The quantitative estimate of drug-likeness (QED) is 0.840. The number of methoxy groups -OCH3 is 1. The molecule has 0 amide bonds. The highest BCUT2D eigenvalue weighted by Crippen LogP contribution is 2.29. The Kier molecular flexibility index (Phi) is 5.03. The molecule has 130 valence electrons. The van der Waals surface area contributed by atoms with Gasteiger partial charge in [-0.15, -0.1) is 0 Å². The molecule has 5 nitrogen and oxygen atoms in total. The molecule has 1 atom stereocenters. The van der Waals surface area contributed by atoms with Gasteiger partial charge in [0.2, 0.25) is 5.90 Å². The van der Waals surface area contributed by atoms with E-state index in [1.54, 1.807) is 18.3 Å². The molecule has 1 N–H and O–H groups in total. The monoisotopic (exact) mass is 338 g/mol. The maximum Gasteiger partial charge on any atom is 0.218 e. The Hall–Kier alpha value is -2.82. The van der Waals surface area contributed by atoms with E-state index in [-0.39, 0.29) is 11.8 Å². The number of aromatic hydroxyl groups is 1. The molecular weight excluding hydrogens is 316 g/mol. The summed E-state index contributed by atoms with van der Waals surface area (Å²) in [5.41, 5.74) is 2.18. The highest BCUT2D eigenvalue weighted by Gasteiger charge is 2.24. The zero-order valence-corrected chi connectivity index (χ0v) is 14.6. The van der Waals surface area contributed by atoms with E-state index >= 15 is 0 Å². The molecule has 0 spiro atoms. The number of aliphatic imine (C=N–C) groups is 2. The van der Waals surface area contributed by atoms with Crippen molar-refractivity contribution in [1.29, 1.82) is 0 Å². The van der Waals surface area contributed by atoms with Crippen LogP contribution in [0.5, 0.6) is 11.5 Å². The Morgan fingerprint density at radius 1 is 1.24 bits per heavy atom. The van der Waals surface area contributed by atoms with Gasteiger partial charge in [0.05, 0.1) is 24.4 Å². The summed E-state index contributed by atoms with van der Waals surface area (Å²) in [5.74, 6) is 1.55. The fraction of sp³-hybridized carbons (Fsp3) is 0.300. The number of phenols is 1. The first kappa shape index (κ1) is 17.0. The van der Waals surface area contributed by atoms with E-state index in [1.165, 1.54) is 7.11 Å². The average Bonchev–Trinajstić information content (AvgIpc) is 3.11. The molecule has 0 radical (unpaired) electrons. The molecule has 0 saturated carbocycles. The van der Waals surface area contributed by atoms with E-state index in [2.05, 4.69) is 23.8 Å². The smallest absolute Gasteiger partial charge is 0.218 e. The van der Waals surface area contributed by atoms with Crippen molar-refractivity contribution < 1.29 is 14.6 Å². The van der Waals surface area contributed by atoms with Crippen molar-refractivity contribution in [2.45, 2.75) is 19.9 Å². The average molecular weight is 338 g/mol. The fourth-order valence-electron chi connectivity index (χ4n) is 2.59. The van der Waals surface area contributed by atoms with Crippen molar-refractivity contribution in [2.24, 2.45) is 15.9 Å². The van der Waals surface area contributed by atoms with Crippen LogP contribution in [0.4, 0.5) is 5.69 Å². The third-order valence-corrected chi connectivity index (χ3v) is 4.17. The number of hydrogen-bond acceptors (Lipinski definition) is 5. The second-order valence-corrected chi connectivity index (χ2v) is 6.23. The topological polar surface area (TPSA) is 63.4 Å². The summed E-state index contributed by atoms with van der Waals surface area (Å²) in [4.78, 5) is 9.20. The number of rotatable bonds is 5. The second-order valence-electron chi connectivity index (χ2n) is 6.23. The first-order chi connectivity index (χ1) is 12.1. The number of para-hydroxylation sites is 2. The van der Waals surface area contributed by atoms with Crippen LogP contribution in [0.1, 0.15) is 25.0 Å². The lowest BCUT2D eigenvalue weighted by atomic mass is 10.1. The van der Waals surface area contributed by atoms with Crippen LogP contribution < -0.4 is 4.74 Å². The molecule has 0 aliphatic carbocycles. The number of nitrogens with zero attached hydrogens (tertiary/aromatic N) is 2. The molecule has 2 aromatic carbocycles. The Morgan fingerprint density at radius 3 is 2.76 bits per heavy atom. The van der Waals surface area contributed by atoms with E-state index in [4.69, 9.17) is 9.47 Å². The molecule has 0 saturated heterocycles. The van der Waals surface area contributed by atoms with Crippen LogP contribution in [0.15, 0.2) is 52.4 Å². The second kappa shape index (κ2) is 7.38. The lowest BCUT2D eigenvalue weighted by molar-refractivity contribution is 0.292. The third-order valence-electron chi connectivity index (χ3n) is 4.17. The van der Waals surface area contributed by atoms with Crippen LogP contribution in [-0.2, 0) is 4.74 Å². The van der Waals surface area contributed by atoms with Gasteiger partial charge in [-0.05, 0) is 30.2 Å². The summed E-state index contributed by atoms with van der Waals surface area (Å²) >= 11 is 0. The summed E-state index contributed by atoms with van der Waals surface area (Å²) in [5, 5.41) is 10.2. The summed E-state index contributed by atoms with van der Waals surface area (Å²) in [6, 6.07) is 13.2. The number of phenolic OH excluding ortho intramolecular Hbond substituents is 1. The molecule has 25 heavy (non-hydrogen) atoms. The maximum atomic E-state index is 10.2. The van der Waals surface area contributed by atoms with Crippen LogP contribution in [0.3, 0.4) is 0 Å². The van der Waals surface area contributed by atoms with Crippen LogP contribution in [-0.4, -0.2) is 37.0 Å². The lowest BCUT2D eigenvalue weighted by Crippen LogP contribution is -2.13. The summed E-state index contributed by atoms with van der Waals surface area (Å²) in [6.45, 7) is 4.87. The van der Waals surface area contributed by atoms with Crippen LogP contribution in [0.25, 0.3) is 0 Å². The van der Waals surface area contributed by atoms with Crippen LogP contribution in [0, 0.1) is 5.92 Å². The Morgan fingerprint density at radius 2 is 2.04 bits per heavy atom. The highest BCUT2D eigenvalue weighted by molar-refractivity contribution is 6.01. The summed E-state index contributed by atoms with van der Waals surface area (Å²) in [6.07, 6.45) is 1.62. The number of ether oxygens (including phenoxy) is 2. The molecule has 0 bridgehead atoms. The van der Waals surface area contributed by atoms with Gasteiger partial charge in [0.15, 0.2) is 11.5 Å². The number of benzene rings is 2. The third kappa shape index (κ3) is 3.65. The van der Waals surface area contributed by atoms with E-state index in [0.29, 0.717) is 29.7 Å². The normalized spacial score (nSPS) is 17.0. The molecule has 0 aromatic heterocycles. The van der Waals surface area contributed by atoms with Gasteiger partial charge in [0.1, 0.15) is 6.61 Å². The fourth-order valence-corrected chi connectivity index (χ4v) is 2.59. The molecule has 1 heterocycles. The van der Waals surface area contributed by atoms with Crippen molar-refractivity contribution in [3.05, 3.63) is 53.6 Å².